The maximum atomic E-state index is 15.5. The number of amidine groups is 2. The van der Waals surface area contributed by atoms with Gasteiger partial charge in [-0.15, -0.1) is 0 Å². The van der Waals surface area contributed by atoms with Gasteiger partial charge in [0.25, 0.3) is 11.8 Å². The summed E-state index contributed by atoms with van der Waals surface area (Å²) in [7, 11) is 0. The van der Waals surface area contributed by atoms with Crippen LogP contribution in [0.25, 0.3) is 0 Å². The molecule has 4 aliphatic rings. The van der Waals surface area contributed by atoms with E-state index in [0.717, 1.165) is 16.7 Å². The molecule has 5 aromatic rings. The quantitative estimate of drug-likeness (QED) is 0.249. The Kier molecular flexibility index (Phi) is 5.96. The Morgan fingerprint density at radius 1 is 0.447 bits per heavy atom. The number of para-hydroxylation sites is 2. The number of hydrogen-bond donors (Lipinski definition) is 2. The smallest absolute Gasteiger partial charge is 0.262 e. The van der Waals surface area contributed by atoms with Crippen molar-refractivity contribution in [3.05, 3.63) is 168 Å². The van der Waals surface area contributed by atoms with Crippen molar-refractivity contribution in [1.82, 2.24) is 10.9 Å². The maximum absolute atomic E-state index is 15.5. The average molecular weight is 615 g/mol. The van der Waals surface area contributed by atoms with E-state index in [1.54, 1.807) is 10.0 Å². The van der Waals surface area contributed by atoms with Crippen molar-refractivity contribution in [3.63, 3.8) is 0 Å². The van der Waals surface area contributed by atoms with E-state index >= 15 is 9.59 Å². The Morgan fingerprint density at radius 3 is 1.13 bits per heavy atom. The predicted molar refractivity (Wildman–Crippen MR) is 181 cm³/mol. The van der Waals surface area contributed by atoms with Gasteiger partial charge in [0.15, 0.2) is 0 Å². The monoisotopic (exact) mass is 614 g/mol. The fourth-order valence-electron chi connectivity index (χ4n) is 8.13. The van der Waals surface area contributed by atoms with E-state index in [1.165, 1.54) is 0 Å². The molecule has 0 saturated carbocycles. The molecule has 2 amide bonds. The number of hydrazine groups is 2. The van der Waals surface area contributed by atoms with Gasteiger partial charge in [-0.05, 0) is 41.0 Å². The molecule has 2 spiro atoms. The Morgan fingerprint density at radius 2 is 0.766 bits per heavy atom. The molecule has 228 valence electrons. The van der Waals surface area contributed by atoms with Crippen LogP contribution >= 0.6 is 0 Å². The Bertz CT molecular complexity index is 1930. The molecule has 2 N–H and O–H groups in total. The summed E-state index contributed by atoms with van der Waals surface area (Å²) < 4.78 is 0. The molecule has 5 atom stereocenters. The number of hydrogen-bond acceptors (Lipinski definition) is 6. The molecule has 4 aliphatic heterocycles. The highest BCUT2D eigenvalue weighted by molar-refractivity contribution is 6.29. The molecule has 0 aliphatic carbocycles. The number of nitrogens with zero attached hydrogens (tertiary/aromatic N) is 4. The van der Waals surface area contributed by atoms with Crippen LogP contribution in [0, 0.1) is 10.8 Å². The number of amides is 2. The number of nitrogens with one attached hydrogen (secondary N) is 2. The summed E-state index contributed by atoms with van der Waals surface area (Å²) in [4.78, 5) is 41.9. The first-order valence-corrected chi connectivity index (χ1v) is 15.8. The van der Waals surface area contributed by atoms with Crippen LogP contribution in [0.15, 0.2) is 162 Å². The SMILES string of the molecule is O=C1N(c2ccccc2)NC2=N[C@@H](c3ccccc3)C34C(=O)N(c5ccccc5)NC3=N[C@H](c3ccccc3)C12C4c1ccccc1. The highest BCUT2D eigenvalue weighted by Gasteiger charge is 2.79. The summed E-state index contributed by atoms with van der Waals surface area (Å²) in [6.07, 6.45) is 0. The molecule has 2 bridgehead atoms. The molecule has 9 rings (SSSR count). The lowest BCUT2D eigenvalue weighted by molar-refractivity contribution is -0.133. The van der Waals surface area contributed by atoms with Crippen LogP contribution in [0.1, 0.15) is 34.7 Å². The van der Waals surface area contributed by atoms with E-state index in [2.05, 4.69) is 10.9 Å². The van der Waals surface area contributed by atoms with Crippen LogP contribution in [0.2, 0.25) is 0 Å². The zero-order valence-electron chi connectivity index (χ0n) is 25.3. The Labute approximate surface area is 272 Å². The van der Waals surface area contributed by atoms with Gasteiger partial charge in [-0.2, -0.15) is 0 Å². The number of rotatable bonds is 5. The second-order valence-electron chi connectivity index (χ2n) is 12.3. The van der Waals surface area contributed by atoms with Gasteiger partial charge in [0.1, 0.15) is 22.5 Å². The second kappa shape index (κ2) is 10.3. The van der Waals surface area contributed by atoms with Gasteiger partial charge in [0, 0.05) is 5.92 Å². The summed E-state index contributed by atoms with van der Waals surface area (Å²) in [6.45, 7) is 0. The van der Waals surface area contributed by atoms with Gasteiger partial charge in [0.2, 0.25) is 0 Å². The topological polar surface area (TPSA) is 89.4 Å². The zero-order valence-corrected chi connectivity index (χ0v) is 25.3. The molecule has 8 nitrogen and oxygen atoms in total. The van der Waals surface area contributed by atoms with Crippen molar-refractivity contribution in [3.8, 4) is 0 Å². The average Bonchev–Trinajstić information content (AvgIpc) is 3.59. The minimum atomic E-state index is -1.38. The lowest BCUT2D eigenvalue weighted by Crippen LogP contribution is -2.64. The Hall–Kier alpha value is -6.02. The fraction of sp³-hybridized carbons (Fsp3) is 0.128. The third kappa shape index (κ3) is 3.63. The summed E-state index contributed by atoms with van der Waals surface area (Å²) in [5.74, 6) is -0.0896. The highest BCUT2D eigenvalue weighted by Crippen LogP contribution is 2.69. The van der Waals surface area contributed by atoms with E-state index in [4.69, 9.17) is 9.98 Å². The first-order chi connectivity index (χ1) is 23.1. The minimum Gasteiger partial charge on any atom is -0.277 e. The van der Waals surface area contributed by atoms with Gasteiger partial charge < -0.3 is 0 Å². The summed E-state index contributed by atoms with van der Waals surface area (Å²) in [5.41, 5.74) is 8.11. The van der Waals surface area contributed by atoms with Crippen LogP contribution in [0.3, 0.4) is 0 Å². The van der Waals surface area contributed by atoms with Crippen LogP contribution in [0.4, 0.5) is 11.4 Å². The van der Waals surface area contributed by atoms with Gasteiger partial charge in [0.05, 0.1) is 23.5 Å². The summed E-state index contributed by atoms with van der Waals surface area (Å²) in [5, 5.41) is 3.18. The number of benzene rings is 5. The molecule has 0 radical (unpaired) electrons. The van der Waals surface area contributed by atoms with Crippen LogP contribution in [-0.2, 0) is 9.59 Å². The zero-order chi connectivity index (χ0) is 31.6. The molecule has 2 saturated heterocycles. The van der Waals surface area contributed by atoms with Gasteiger partial charge >= 0.3 is 0 Å². The first-order valence-electron chi connectivity index (χ1n) is 15.8. The van der Waals surface area contributed by atoms with Crippen molar-refractivity contribution in [2.75, 3.05) is 10.0 Å². The van der Waals surface area contributed by atoms with Crippen molar-refractivity contribution in [2.24, 2.45) is 20.8 Å². The number of carbonyl (C=O) groups is 2. The van der Waals surface area contributed by atoms with Crippen LogP contribution in [0.5, 0.6) is 0 Å². The number of anilines is 2. The lowest BCUT2D eigenvalue weighted by atomic mass is 9.48. The van der Waals surface area contributed by atoms with E-state index < -0.39 is 28.8 Å². The summed E-state index contributed by atoms with van der Waals surface area (Å²) in [6, 6.07) is 47.4. The first kappa shape index (κ1) is 27.3. The fourth-order valence-corrected chi connectivity index (χ4v) is 8.13. The Balaban J connectivity index is 1.41. The predicted octanol–water partition coefficient (Wildman–Crippen LogP) is 6.15. The van der Waals surface area contributed by atoms with Crippen molar-refractivity contribution in [1.29, 1.82) is 0 Å². The third-order valence-electron chi connectivity index (χ3n) is 10.0. The molecule has 4 heterocycles. The van der Waals surface area contributed by atoms with Gasteiger partial charge in [-0.1, -0.05) is 127 Å². The van der Waals surface area contributed by atoms with Gasteiger partial charge in [-0.25, -0.2) is 10.0 Å². The van der Waals surface area contributed by atoms with Gasteiger partial charge in [-0.3, -0.25) is 30.4 Å². The largest absolute Gasteiger partial charge is 0.277 e. The number of aliphatic imine (C=N–C) groups is 2. The molecule has 5 aromatic carbocycles. The standard InChI is InChI=1S/C39H30N6O2/c46-36-38-31(26-16-6-1-7-17-26)39(33(28-20-10-3-11-21-28)41-34(38)42-44(36)29-22-12-4-13-23-29)35(40-32(38)27-18-8-2-9-19-27)43-45(37(39)47)30-24-14-5-15-25-30/h1-25,31-33H,(H,40,43)(H,41,42)/t31?,32-,33+,38?,39?. The van der Waals surface area contributed by atoms with E-state index in [-0.39, 0.29) is 11.8 Å². The number of carbonyl (C=O) groups excluding carboxylic acids is 2. The lowest BCUT2D eigenvalue weighted by Gasteiger charge is -2.54. The second-order valence-corrected chi connectivity index (χ2v) is 12.3. The molecular weight excluding hydrogens is 584 g/mol. The van der Waals surface area contributed by atoms with Crippen LogP contribution in [-0.4, -0.2) is 23.5 Å². The minimum absolute atomic E-state index is 0.204. The molecule has 2 fully saturated rings. The third-order valence-corrected chi connectivity index (χ3v) is 10.0. The van der Waals surface area contributed by atoms with E-state index in [0.29, 0.717) is 23.0 Å². The normalized spacial score (nSPS) is 27.3. The molecule has 0 aromatic heterocycles. The van der Waals surface area contributed by atoms with E-state index in [9.17, 15) is 0 Å². The maximum Gasteiger partial charge on any atom is 0.262 e. The highest BCUT2D eigenvalue weighted by atomic mass is 16.2. The molecule has 8 heteroatoms. The van der Waals surface area contributed by atoms with E-state index in [1.807, 2.05) is 152 Å². The molecule has 3 unspecified atom stereocenters. The van der Waals surface area contributed by atoms with Crippen molar-refractivity contribution < 1.29 is 9.59 Å². The summed E-state index contributed by atoms with van der Waals surface area (Å²) >= 11 is 0. The van der Waals surface area contributed by atoms with Crippen molar-refractivity contribution >= 4 is 34.9 Å². The molecule has 47 heavy (non-hydrogen) atoms. The van der Waals surface area contributed by atoms with Crippen molar-refractivity contribution in [2.45, 2.75) is 18.0 Å². The van der Waals surface area contributed by atoms with Crippen LogP contribution < -0.4 is 20.9 Å². The molecular formula is C39H30N6O2.